The third-order valence-electron chi connectivity index (χ3n) is 2.63. The minimum absolute atomic E-state index is 0.128. The number of urea groups is 1. The van der Waals surface area contributed by atoms with Gasteiger partial charge < -0.3 is 20.5 Å². The summed E-state index contributed by atoms with van der Waals surface area (Å²) in [6.07, 6.45) is 0.348. The molecule has 2 amide bonds. The molecule has 0 aliphatic carbocycles. The monoisotopic (exact) mass is 260 g/mol. The number of ether oxygens (including phenoxy) is 1. The van der Waals surface area contributed by atoms with Gasteiger partial charge in [-0.1, -0.05) is 20.8 Å². The molecule has 1 unspecified atom stereocenters. The third kappa shape index (κ3) is 6.44. The van der Waals surface area contributed by atoms with Crippen LogP contribution in [0.2, 0.25) is 0 Å². The smallest absolute Gasteiger partial charge is 0.326 e. The van der Waals surface area contributed by atoms with Crippen LogP contribution in [0.3, 0.4) is 0 Å². The molecule has 0 aromatic heterocycles. The van der Waals surface area contributed by atoms with E-state index in [1.165, 1.54) is 0 Å². The average Bonchev–Trinajstić information content (AvgIpc) is 2.30. The van der Waals surface area contributed by atoms with Crippen molar-refractivity contribution in [1.82, 2.24) is 10.6 Å². The van der Waals surface area contributed by atoms with Crippen LogP contribution >= 0.6 is 0 Å². The van der Waals surface area contributed by atoms with Gasteiger partial charge in [-0.25, -0.2) is 9.59 Å². The Hall–Kier alpha value is -1.30. The molecular formula is C12H24N2O4. The molecule has 0 spiro atoms. The molecule has 0 saturated carbocycles. The molecule has 0 saturated heterocycles. The summed E-state index contributed by atoms with van der Waals surface area (Å²) in [4.78, 5) is 22.4. The predicted molar refractivity (Wildman–Crippen MR) is 68.5 cm³/mol. The maximum absolute atomic E-state index is 11.7. The zero-order chi connectivity index (χ0) is 14.1. The van der Waals surface area contributed by atoms with Crippen LogP contribution in [-0.2, 0) is 9.53 Å². The van der Waals surface area contributed by atoms with Gasteiger partial charge in [-0.15, -0.1) is 0 Å². The normalized spacial score (nSPS) is 14.1. The summed E-state index contributed by atoms with van der Waals surface area (Å²) in [5.41, 5.74) is 0. The summed E-state index contributed by atoms with van der Waals surface area (Å²) in [5, 5.41) is 14.0. The molecule has 0 aromatic carbocycles. The van der Waals surface area contributed by atoms with Gasteiger partial charge in [-0.05, 0) is 19.3 Å². The zero-order valence-corrected chi connectivity index (χ0v) is 11.5. The highest BCUT2D eigenvalue weighted by Crippen LogP contribution is 2.02. The highest BCUT2D eigenvalue weighted by atomic mass is 16.5. The van der Waals surface area contributed by atoms with Gasteiger partial charge in [0.1, 0.15) is 6.04 Å². The number of carbonyl (C=O) groups is 2. The van der Waals surface area contributed by atoms with Gasteiger partial charge in [0.05, 0.1) is 12.6 Å². The number of amides is 2. The SMILES string of the molecule is CCOCC(NC(=O)N[C@@H](CC)C(=O)O)C(C)C. The van der Waals surface area contributed by atoms with Crippen molar-refractivity contribution in [3.8, 4) is 0 Å². The molecule has 0 bridgehead atoms. The van der Waals surface area contributed by atoms with Crippen LogP contribution in [-0.4, -0.2) is 42.4 Å². The molecule has 6 heteroatoms. The van der Waals surface area contributed by atoms with E-state index in [-0.39, 0.29) is 12.0 Å². The zero-order valence-electron chi connectivity index (χ0n) is 11.5. The molecule has 0 aliphatic rings. The van der Waals surface area contributed by atoms with Crippen molar-refractivity contribution in [2.75, 3.05) is 13.2 Å². The number of carbonyl (C=O) groups excluding carboxylic acids is 1. The van der Waals surface area contributed by atoms with Gasteiger partial charge in [-0.3, -0.25) is 0 Å². The summed E-state index contributed by atoms with van der Waals surface area (Å²) >= 11 is 0. The molecule has 3 N–H and O–H groups in total. The van der Waals surface area contributed by atoms with Gasteiger partial charge >= 0.3 is 12.0 Å². The fraction of sp³-hybridized carbons (Fsp3) is 0.833. The van der Waals surface area contributed by atoms with Gasteiger partial charge in [-0.2, -0.15) is 0 Å². The van der Waals surface area contributed by atoms with Gasteiger partial charge in [0, 0.05) is 6.61 Å². The van der Waals surface area contributed by atoms with Crippen molar-refractivity contribution in [2.24, 2.45) is 5.92 Å². The number of rotatable bonds is 8. The van der Waals surface area contributed by atoms with E-state index in [0.717, 1.165) is 0 Å². The van der Waals surface area contributed by atoms with E-state index in [1.807, 2.05) is 20.8 Å². The second kappa shape index (κ2) is 8.74. The third-order valence-corrected chi connectivity index (χ3v) is 2.63. The second-order valence-corrected chi connectivity index (χ2v) is 4.43. The molecule has 0 rings (SSSR count). The Morgan fingerprint density at radius 1 is 1.22 bits per heavy atom. The van der Waals surface area contributed by atoms with E-state index in [1.54, 1.807) is 6.92 Å². The van der Waals surface area contributed by atoms with Crippen LogP contribution in [0.25, 0.3) is 0 Å². The maximum atomic E-state index is 11.7. The summed E-state index contributed by atoms with van der Waals surface area (Å²) in [5.74, 6) is -0.814. The molecule has 0 aromatic rings. The maximum Gasteiger partial charge on any atom is 0.326 e. The van der Waals surface area contributed by atoms with Crippen molar-refractivity contribution in [1.29, 1.82) is 0 Å². The van der Waals surface area contributed by atoms with Crippen LogP contribution in [0, 0.1) is 5.92 Å². The Bertz CT molecular complexity index is 269. The van der Waals surface area contributed by atoms with Crippen LogP contribution in [0.15, 0.2) is 0 Å². The summed E-state index contributed by atoms with van der Waals surface area (Å²) in [7, 11) is 0. The number of hydrogen-bond donors (Lipinski definition) is 3. The van der Waals surface area contributed by atoms with Crippen molar-refractivity contribution >= 4 is 12.0 Å². The van der Waals surface area contributed by atoms with Gasteiger partial charge in [0.25, 0.3) is 0 Å². The molecule has 2 atom stereocenters. The first kappa shape index (κ1) is 16.7. The number of carboxylic acids is 1. The lowest BCUT2D eigenvalue weighted by Gasteiger charge is -2.23. The fourth-order valence-electron chi connectivity index (χ4n) is 1.35. The van der Waals surface area contributed by atoms with Crippen LogP contribution in [0.4, 0.5) is 4.79 Å². The minimum atomic E-state index is -1.03. The molecule has 6 nitrogen and oxygen atoms in total. The highest BCUT2D eigenvalue weighted by Gasteiger charge is 2.21. The van der Waals surface area contributed by atoms with Crippen molar-refractivity contribution in [3.63, 3.8) is 0 Å². The van der Waals surface area contributed by atoms with Crippen molar-refractivity contribution in [2.45, 2.75) is 46.2 Å². The molecule has 18 heavy (non-hydrogen) atoms. The summed E-state index contributed by atoms with van der Waals surface area (Å²) in [6, 6.07) is -1.45. The number of hydrogen-bond acceptors (Lipinski definition) is 3. The summed E-state index contributed by atoms with van der Waals surface area (Å²) < 4.78 is 5.28. The Balaban J connectivity index is 4.28. The lowest BCUT2D eigenvalue weighted by molar-refractivity contribution is -0.139. The average molecular weight is 260 g/mol. The Kier molecular flexibility index (Phi) is 8.11. The second-order valence-electron chi connectivity index (χ2n) is 4.43. The van der Waals surface area contributed by atoms with Crippen LogP contribution in [0.5, 0.6) is 0 Å². The molecule has 106 valence electrons. The Labute approximate surface area is 108 Å². The number of nitrogens with one attached hydrogen (secondary N) is 2. The van der Waals surface area contributed by atoms with Crippen LogP contribution in [0.1, 0.15) is 34.1 Å². The van der Waals surface area contributed by atoms with E-state index >= 15 is 0 Å². The summed E-state index contributed by atoms with van der Waals surface area (Å²) in [6.45, 7) is 8.54. The first-order valence-electron chi connectivity index (χ1n) is 6.29. The van der Waals surface area contributed by atoms with Crippen molar-refractivity contribution < 1.29 is 19.4 Å². The lowest BCUT2D eigenvalue weighted by Crippen LogP contribution is -2.51. The molecule has 0 aliphatic heterocycles. The minimum Gasteiger partial charge on any atom is -0.480 e. The lowest BCUT2D eigenvalue weighted by atomic mass is 10.1. The van der Waals surface area contributed by atoms with Crippen LogP contribution < -0.4 is 10.6 Å². The quantitative estimate of drug-likeness (QED) is 0.612. The van der Waals surface area contributed by atoms with E-state index in [4.69, 9.17) is 9.84 Å². The number of aliphatic carboxylic acids is 1. The van der Waals surface area contributed by atoms with Crippen molar-refractivity contribution in [3.05, 3.63) is 0 Å². The fourth-order valence-corrected chi connectivity index (χ4v) is 1.35. The topological polar surface area (TPSA) is 87.7 Å². The number of carboxylic acid groups (broad SMARTS) is 1. The largest absolute Gasteiger partial charge is 0.480 e. The van der Waals surface area contributed by atoms with E-state index in [0.29, 0.717) is 19.6 Å². The van der Waals surface area contributed by atoms with E-state index < -0.39 is 18.0 Å². The molecule has 0 fully saturated rings. The van der Waals surface area contributed by atoms with Gasteiger partial charge in [0.2, 0.25) is 0 Å². The first-order chi connectivity index (χ1) is 8.42. The molecular weight excluding hydrogens is 236 g/mol. The Morgan fingerprint density at radius 2 is 1.83 bits per heavy atom. The highest BCUT2D eigenvalue weighted by molar-refractivity contribution is 5.82. The standard InChI is InChI=1S/C12H24N2O4/c1-5-9(11(15)16)13-12(17)14-10(8(3)4)7-18-6-2/h8-10H,5-7H2,1-4H3,(H,15,16)(H2,13,14,17)/t9-,10?/m0/s1. The van der Waals surface area contributed by atoms with Gasteiger partial charge in [0.15, 0.2) is 0 Å². The van der Waals surface area contributed by atoms with E-state index in [9.17, 15) is 9.59 Å². The Morgan fingerprint density at radius 3 is 2.22 bits per heavy atom. The van der Waals surface area contributed by atoms with E-state index in [2.05, 4.69) is 10.6 Å². The molecule has 0 heterocycles. The molecule has 0 radical (unpaired) electrons. The predicted octanol–water partition coefficient (Wildman–Crippen LogP) is 1.21. The first-order valence-corrected chi connectivity index (χ1v) is 6.29.